The fourth-order valence-electron chi connectivity index (χ4n) is 3.13. The van der Waals surface area contributed by atoms with Crippen molar-refractivity contribution < 1.29 is 4.79 Å². The van der Waals surface area contributed by atoms with Crippen LogP contribution in [-0.2, 0) is 17.9 Å². The van der Waals surface area contributed by atoms with Crippen LogP contribution in [0.1, 0.15) is 16.7 Å². The van der Waals surface area contributed by atoms with E-state index in [1.165, 1.54) is 0 Å². The number of amides is 1. The summed E-state index contributed by atoms with van der Waals surface area (Å²) in [5, 5.41) is 13.0. The monoisotopic (exact) mass is 523 g/mol. The van der Waals surface area contributed by atoms with Gasteiger partial charge in [-0.05, 0) is 35.4 Å². The number of rotatable bonds is 4. The molecule has 1 saturated heterocycles. The van der Waals surface area contributed by atoms with Gasteiger partial charge in [-0.25, -0.2) is 0 Å². The third-order valence-corrected chi connectivity index (χ3v) is 4.88. The number of piperazine rings is 1. The highest BCUT2D eigenvalue weighted by atomic mass is 127. The Balaban J connectivity index is 0.00000300. The molecule has 0 atom stereocenters. The first-order valence-electron chi connectivity index (χ1n) is 9.06. The number of nitrogens with zero attached hydrogens (tertiary/aromatic N) is 4. The normalized spacial score (nSPS) is 14.2. The molecule has 1 aliphatic heterocycles. The molecule has 1 heterocycles. The standard InChI is InChI=1S/C21H22ClN5O.HI/c1-24-21(25-13-18-4-2-3-17(11-18)12-23)27-10-9-26(20(28)15-27)14-16-5-7-19(22)8-6-16;/h2-8,11H,9-10,13-15H2,1H3,(H,24,25);1H. The summed E-state index contributed by atoms with van der Waals surface area (Å²) in [6.45, 7) is 2.74. The summed E-state index contributed by atoms with van der Waals surface area (Å²) in [5.41, 5.74) is 2.68. The third kappa shape index (κ3) is 6.34. The SMILES string of the molecule is CN=C(NCc1cccc(C#N)c1)N1CCN(Cc2ccc(Cl)cc2)C(=O)C1.I. The van der Waals surface area contributed by atoms with Crippen molar-refractivity contribution in [2.24, 2.45) is 4.99 Å². The minimum atomic E-state index is 0. The number of halogens is 2. The predicted octanol–water partition coefficient (Wildman–Crippen LogP) is 3.25. The number of carbonyl (C=O) groups excluding carboxylic acids is 1. The second-order valence-corrected chi connectivity index (χ2v) is 7.01. The zero-order valence-electron chi connectivity index (χ0n) is 16.1. The van der Waals surface area contributed by atoms with E-state index in [-0.39, 0.29) is 36.4 Å². The lowest BCUT2D eigenvalue weighted by Crippen LogP contribution is -2.54. The number of carbonyl (C=O) groups is 1. The number of hydrogen-bond acceptors (Lipinski definition) is 3. The van der Waals surface area contributed by atoms with Crippen molar-refractivity contribution in [2.75, 3.05) is 26.7 Å². The zero-order valence-corrected chi connectivity index (χ0v) is 19.2. The Labute approximate surface area is 193 Å². The van der Waals surface area contributed by atoms with E-state index in [0.29, 0.717) is 42.7 Å². The maximum Gasteiger partial charge on any atom is 0.242 e. The van der Waals surface area contributed by atoms with E-state index in [4.69, 9.17) is 16.9 Å². The lowest BCUT2D eigenvalue weighted by molar-refractivity contribution is -0.135. The Hall–Kier alpha value is -2.31. The van der Waals surface area contributed by atoms with Crippen LogP contribution in [0.15, 0.2) is 53.5 Å². The van der Waals surface area contributed by atoms with Gasteiger partial charge in [0.25, 0.3) is 0 Å². The molecule has 2 aromatic rings. The minimum absolute atomic E-state index is 0. The van der Waals surface area contributed by atoms with Crippen molar-refractivity contribution in [3.05, 3.63) is 70.2 Å². The van der Waals surface area contributed by atoms with Crippen LogP contribution in [-0.4, -0.2) is 48.3 Å². The fraction of sp³-hybridized carbons (Fsp3) is 0.286. The number of benzene rings is 2. The lowest BCUT2D eigenvalue weighted by Gasteiger charge is -2.36. The second-order valence-electron chi connectivity index (χ2n) is 6.58. The maximum absolute atomic E-state index is 12.6. The van der Waals surface area contributed by atoms with Crippen LogP contribution in [0, 0.1) is 11.3 Å². The summed E-state index contributed by atoms with van der Waals surface area (Å²) in [4.78, 5) is 20.7. The van der Waals surface area contributed by atoms with E-state index in [1.54, 1.807) is 13.1 Å². The summed E-state index contributed by atoms with van der Waals surface area (Å²) >= 11 is 5.92. The molecule has 0 saturated carbocycles. The van der Waals surface area contributed by atoms with Gasteiger partial charge in [-0.15, -0.1) is 24.0 Å². The van der Waals surface area contributed by atoms with Crippen LogP contribution < -0.4 is 5.32 Å². The molecule has 8 heteroatoms. The highest BCUT2D eigenvalue weighted by molar-refractivity contribution is 14.0. The van der Waals surface area contributed by atoms with Crippen LogP contribution in [0.5, 0.6) is 0 Å². The van der Waals surface area contributed by atoms with Gasteiger partial charge in [0, 0.05) is 38.2 Å². The van der Waals surface area contributed by atoms with E-state index in [9.17, 15) is 4.79 Å². The number of aliphatic imine (C=N–C) groups is 1. The smallest absolute Gasteiger partial charge is 0.242 e. The molecule has 152 valence electrons. The van der Waals surface area contributed by atoms with Crippen molar-refractivity contribution in [1.82, 2.24) is 15.1 Å². The molecule has 1 aliphatic rings. The van der Waals surface area contributed by atoms with E-state index >= 15 is 0 Å². The predicted molar refractivity (Wildman–Crippen MR) is 125 cm³/mol. The van der Waals surface area contributed by atoms with Crippen molar-refractivity contribution in [3.63, 3.8) is 0 Å². The molecule has 1 fully saturated rings. The van der Waals surface area contributed by atoms with Gasteiger partial charge in [-0.1, -0.05) is 35.9 Å². The van der Waals surface area contributed by atoms with E-state index in [1.807, 2.05) is 52.3 Å². The average Bonchev–Trinajstić information content (AvgIpc) is 2.72. The Kier molecular flexibility index (Phi) is 8.73. The van der Waals surface area contributed by atoms with Crippen molar-refractivity contribution in [3.8, 4) is 6.07 Å². The molecular formula is C21H23ClIN5O. The molecule has 0 bridgehead atoms. The van der Waals surface area contributed by atoms with Gasteiger partial charge in [0.05, 0.1) is 18.2 Å². The Morgan fingerprint density at radius 3 is 2.62 bits per heavy atom. The molecule has 0 unspecified atom stereocenters. The summed E-state index contributed by atoms with van der Waals surface area (Å²) < 4.78 is 0. The topological polar surface area (TPSA) is 71.7 Å². The minimum Gasteiger partial charge on any atom is -0.352 e. The molecule has 0 spiro atoms. The van der Waals surface area contributed by atoms with E-state index < -0.39 is 0 Å². The summed E-state index contributed by atoms with van der Waals surface area (Å²) in [6.07, 6.45) is 0. The molecule has 1 amide bonds. The van der Waals surface area contributed by atoms with Crippen molar-refractivity contribution in [1.29, 1.82) is 5.26 Å². The fourth-order valence-corrected chi connectivity index (χ4v) is 3.26. The molecule has 1 N–H and O–H groups in total. The summed E-state index contributed by atoms with van der Waals surface area (Å²) in [7, 11) is 1.71. The Morgan fingerprint density at radius 1 is 1.21 bits per heavy atom. The molecule has 2 aromatic carbocycles. The van der Waals surface area contributed by atoms with Gasteiger partial charge >= 0.3 is 0 Å². The van der Waals surface area contributed by atoms with E-state index in [2.05, 4.69) is 16.4 Å². The first-order chi connectivity index (χ1) is 13.6. The van der Waals surface area contributed by atoms with Crippen LogP contribution >= 0.6 is 35.6 Å². The molecule has 6 nitrogen and oxygen atoms in total. The molecule has 29 heavy (non-hydrogen) atoms. The number of nitrogens with one attached hydrogen (secondary N) is 1. The van der Waals surface area contributed by atoms with Crippen molar-refractivity contribution >= 4 is 47.4 Å². The first kappa shape index (κ1) is 23.0. The van der Waals surface area contributed by atoms with Crippen LogP contribution in [0.25, 0.3) is 0 Å². The molecular weight excluding hydrogens is 501 g/mol. The summed E-state index contributed by atoms with van der Waals surface area (Å²) in [5.74, 6) is 0.748. The van der Waals surface area contributed by atoms with Crippen LogP contribution in [0.3, 0.4) is 0 Å². The van der Waals surface area contributed by atoms with Gasteiger partial charge in [-0.2, -0.15) is 5.26 Å². The highest BCUT2D eigenvalue weighted by Crippen LogP contribution is 2.14. The molecule has 0 radical (unpaired) electrons. The molecule has 3 rings (SSSR count). The van der Waals surface area contributed by atoms with E-state index in [0.717, 1.165) is 11.1 Å². The third-order valence-electron chi connectivity index (χ3n) is 4.62. The Morgan fingerprint density at radius 2 is 1.97 bits per heavy atom. The molecule has 0 aromatic heterocycles. The zero-order chi connectivity index (χ0) is 19.9. The van der Waals surface area contributed by atoms with Crippen LogP contribution in [0.4, 0.5) is 0 Å². The summed E-state index contributed by atoms with van der Waals surface area (Å²) in [6, 6.07) is 17.1. The Bertz CT molecular complexity index is 910. The number of guanidine groups is 1. The average molecular weight is 524 g/mol. The van der Waals surface area contributed by atoms with Gasteiger partial charge in [-0.3, -0.25) is 9.79 Å². The second kappa shape index (κ2) is 11.0. The lowest BCUT2D eigenvalue weighted by atomic mass is 10.1. The molecule has 0 aliphatic carbocycles. The van der Waals surface area contributed by atoms with Gasteiger partial charge in [0.15, 0.2) is 5.96 Å². The largest absolute Gasteiger partial charge is 0.352 e. The number of hydrogen-bond donors (Lipinski definition) is 1. The quantitative estimate of drug-likeness (QED) is 0.379. The number of nitriles is 1. The van der Waals surface area contributed by atoms with Gasteiger partial charge in [0.1, 0.15) is 0 Å². The maximum atomic E-state index is 12.6. The van der Waals surface area contributed by atoms with Crippen molar-refractivity contribution in [2.45, 2.75) is 13.1 Å². The van der Waals surface area contributed by atoms with Gasteiger partial charge < -0.3 is 15.1 Å². The first-order valence-corrected chi connectivity index (χ1v) is 9.43. The highest BCUT2D eigenvalue weighted by Gasteiger charge is 2.25. The van der Waals surface area contributed by atoms with Crippen LogP contribution in [0.2, 0.25) is 5.02 Å². The van der Waals surface area contributed by atoms with Gasteiger partial charge in [0.2, 0.25) is 5.91 Å².